The van der Waals surface area contributed by atoms with E-state index in [0.29, 0.717) is 12.0 Å². The molecule has 94 valence electrons. The van der Waals surface area contributed by atoms with Crippen LogP contribution in [0.15, 0.2) is 36.7 Å². The maximum Gasteiger partial charge on any atom is 0.126 e. The second-order valence-electron chi connectivity index (χ2n) is 4.00. The molecule has 1 atom stereocenters. The molecular weight excluding hydrogens is 236 g/mol. The van der Waals surface area contributed by atoms with Crippen molar-refractivity contribution < 1.29 is 8.78 Å². The van der Waals surface area contributed by atoms with Gasteiger partial charge in [-0.05, 0) is 42.8 Å². The molecule has 0 aliphatic heterocycles. The Labute approximate surface area is 104 Å². The summed E-state index contributed by atoms with van der Waals surface area (Å²) in [5.41, 5.74) is 1.53. The average Bonchev–Trinajstić information content (AvgIpc) is 2.36. The number of hydrogen-bond acceptors (Lipinski definition) is 3. The van der Waals surface area contributed by atoms with Crippen LogP contribution < -0.4 is 5.32 Å². The van der Waals surface area contributed by atoms with Crippen molar-refractivity contribution in [3.05, 3.63) is 59.4 Å². The van der Waals surface area contributed by atoms with Crippen LogP contribution in [0.1, 0.15) is 17.2 Å². The first-order valence-electron chi connectivity index (χ1n) is 5.58. The van der Waals surface area contributed by atoms with E-state index in [1.807, 2.05) is 6.07 Å². The Morgan fingerprint density at radius 1 is 1.17 bits per heavy atom. The number of likely N-dealkylation sites (N-methyl/N-ethyl adjacent to an activating group) is 1. The molecule has 0 bridgehead atoms. The van der Waals surface area contributed by atoms with Crippen molar-refractivity contribution in [2.24, 2.45) is 0 Å². The molecule has 2 rings (SSSR count). The fraction of sp³-hybridized carbons (Fsp3) is 0.231. The highest BCUT2D eigenvalue weighted by Crippen LogP contribution is 2.18. The second-order valence-corrected chi connectivity index (χ2v) is 4.00. The van der Waals surface area contributed by atoms with E-state index in [0.717, 1.165) is 11.6 Å². The molecule has 3 nitrogen and oxygen atoms in total. The van der Waals surface area contributed by atoms with Gasteiger partial charge >= 0.3 is 0 Å². The summed E-state index contributed by atoms with van der Waals surface area (Å²) >= 11 is 0. The maximum absolute atomic E-state index is 13.1. The molecule has 0 aliphatic carbocycles. The number of halogens is 2. The standard InChI is InChI=1S/C13H13F2N3/c1-16-13(10-2-3-17-18-8-10)6-9-4-11(14)7-12(15)5-9/h2-5,7-8,13,16H,6H2,1H3. The first kappa shape index (κ1) is 12.6. The second kappa shape index (κ2) is 5.64. The van der Waals surface area contributed by atoms with Crippen molar-refractivity contribution >= 4 is 0 Å². The molecule has 1 heterocycles. The van der Waals surface area contributed by atoms with Gasteiger partial charge in [-0.2, -0.15) is 10.2 Å². The first-order chi connectivity index (χ1) is 8.69. The highest BCUT2D eigenvalue weighted by Gasteiger charge is 2.11. The smallest absolute Gasteiger partial charge is 0.126 e. The molecule has 1 N–H and O–H groups in total. The summed E-state index contributed by atoms with van der Waals surface area (Å²) in [6.45, 7) is 0. The van der Waals surface area contributed by atoms with Crippen molar-refractivity contribution in [1.29, 1.82) is 0 Å². The largest absolute Gasteiger partial charge is 0.313 e. The number of aromatic nitrogens is 2. The van der Waals surface area contributed by atoms with E-state index in [2.05, 4.69) is 15.5 Å². The van der Waals surface area contributed by atoms with Crippen molar-refractivity contribution in [2.45, 2.75) is 12.5 Å². The van der Waals surface area contributed by atoms with Crippen LogP contribution in [0.3, 0.4) is 0 Å². The van der Waals surface area contributed by atoms with Crippen molar-refractivity contribution in [2.75, 3.05) is 7.05 Å². The summed E-state index contributed by atoms with van der Waals surface area (Å²) in [6.07, 6.45) is 3.71. The molecule has 0 fully saturated rings. The molecule has 18 heavy (non-hydrogen) atoms. The number of rotatable bonds is 4. The Balaban J connectivity index is 2.20. The molecule has 0 spiro atoms. The van der Waals surface area contributed by atoms with Crippen LogP contribution in [0.5, 0.6) is 0 Å². The summed E-state index contributed by atoms with van der Waals surface area (Å²) < 4.78 is 26.2. The first-order valence-corrected chi connectivity index (χ1v) is 5.58. The lowest BCUT2D eigenvalue weighted by molar-refractivity contribution is 0.560. The van der Waals surface area contributed by atoms with Crippen LogP contribution in [-0.4, -0.2) is 17.2 Å². The molecule has 2 aromatic rings. The molecule has 5 heteroatoms. The van der Waals surface area contributed by atoms with E-state index in [1.165, 1.54) is 12.1 Å². The van der Waals surface area contributed by atoms with E-state index >= 15 is 0 Å². The van der Waals surface area contributed by atoms with E-state index in [1.54, 1.807) is 19.4 Å². The van der Waals surface area contributed by atoms with Crippen LogP contribution in [0, 0.1) is 11.6 Å². The van der Waals surface area contributed by atoms with Crippen LogP contribution in [-0.2, 0) is 6.42 Å². The minimum absolute atomic E-state index is 0.0540. The lowest BCUT2D eigenvalue weighted by Gasteiger charge is -2.16. The highest BCUT2D eigenvalue weighted by atomic mass is 19.1. The third-order valence-electron chi connectivity index (χ3n) is 2.72. The van der Waals surface area contributed by atoms with Crippen LogP contribution in [0.2, 0.25) is 0 Å². The van der Waals surface area contributed by atoms with E-state index < -0.39 is 11.6 Å². The zero-order chi connectivity index (χ0) is 13.0. The van der Waals surface area contributed by atoms with E-state index in [4.69, 9.17) is 0 Å². The quantitative estimate of drug-likeness (QED) is 0.903. The average molecular weight is 249 g/mol. The number of benzene rings is 1. The van der Waals surface area contributed by atoms with E-state index in [-0.39, 0.29) is 6.04 Å². The van der Waals surface area contributed by atoms with Gasteiger partial charge in [0.1, 0.15) is 11.6 Å². The van der Waals surface area contributed by atoms with Gasteiger partial charge in [0.2, 0.25) is 0 Å². The van der Waals surface area contributed by atoms with Gasteiger partial charge in [0.25, 0.3) is 0 Å². The molecule has 0 aliphatic rings. The Morgan fingerprint density at radius 3 is 2.44 bits per heavy atom. The predicted molar refractivity (Wildman–Crippen MR) is 63.9 cm³/mol. The highest BCUT2D eigenvalue weighted by molar-refractivity contribution is 5.22. The number of nitrogens with one attached hydrogen (secondary N) is 1. The van der Waals surface area contributed by atoms with Gasteiger partial charge in [0.15, 0.2) is 0 Å². The number of hydrogen-bond donors (Lipinski definition) is 1. The molecule has 0 amide bonds. The third-order valence-corrected chi connectivity index (χ3v) is 2.72. The number of nitrogens with zero attached hydrogens (tertiary/aromatic N) is 2. The van der Waals surface area contributed by atoms with Gasteiger partial charge in [0, 0.05) is 18.3 Å². The van der Waals surface area contributed by atoms with Gasteiger partial charge in [-0.1, -0.05) is 0 Å². The molecule has 0 saturated heterocycles. The Morgan fingerprint density at radius 2 is 1.89 bits per heavy atom. The molecule has 1 aromatic heterocycles. The molecule has 0 radical (unpaired) electrons. The molecular formula is C13H13F2N3. The normalized spacial score (nSPS) is 12.4. The fourth-order valence-electron chi connectivity index (χ4n) is 1.86. The van der Waals surface area contributed by atoms with Crippen molar-refractivity contribution in [3.63, 3.8) is 0 Å². The zero-order valence-corrected chi connectivity index (χ0v) is 9.90. The van der Waals surface area contributed by atoms with Crippen LogP contribution >= 0.6 is 0 Å². The van der Waals surface area contributed by atoms with Gasteiger partial charge in [0.05, 0.1) is 6.20 Å². The van der Waals surface area contributed by atoms with Gasteiger partial charge in [-0.25, -0.2) is 8.78 Å². The Kier molecular flexibility index (Phi) is 3.94. The molecule has 1 unspecified atom stereocenters. The summed E-state index contributed by atoms with van der Waals surface area (Å²) in [4.78, 5) is 0. The minimum Gasteiger partial charge on any atom is -0.313 e. The Bertz CT molecular complexity index is 497. The third kappa shape index (κ3) is 3.07. The minimum atomic E-state index is -0.562. The Hall–Kier alpha value is -1.88. The fourth-order valence-corrected chi connectivity index (χ4v) is 1.86. The monoisotopic (exact) mass is 249 g/mol. The topological polar surface area (TPSA) is 37.8 Å². The summed E-state index contributed by atoms with van der Waals surface area (Å²) in [5, 5.41) is 10.6. The molecule has 1 aromatic carbocycles. The SMILES string of the molecule is CNC(Cc1cc(F)cc(F)c1)c1ccnnc1. The van der Waals surface area contributed by atoms with Gasteiger partial charge in [-0.3, -0.25) is 0 Å². The van der Waals surface area contributed by atoms with E-state index in [9.17, 15) is 8.78 Å². The lowest BCUT2D eigenvalue weighted by Crippen LogP contribution is -2.19. The summed E-state index contributed by atoms with van der Waals surface area (Å²) in [7, 11) is 1.79. The zero-order valence-electron chi connectivity index (χ0n) is 9.90. The van der Waals surface area contributed by atoms with Crippen molar-refractivity contribution in [1.82, 2.24) is 15.5 Å². The van der Waals surface area contributed by atoms with Gasteiger partial charge < -0.3 is 5.32 Å². The lowest BCUT2D eigenvalue weighted by atomic mass is 10.0. The van der Waals surface area contributed by atoms with Crippen LogP contribution in [0.4, 0.5) is 8.78 Å². The van der Waals surface area contributed by atoms with Gasteiger partial charge in [-0.15, -0.1) is 0 Å². The van der Waals surface area contributed by atoms with Crippen LogP contribution in [0.25, 0.3) is 0 Å². The van der Waals surface area contributed by atoms with Crippen molar-refractivity contribution in [3.8, 4) is 0 Å². The maximum atomic E-state index is 13.1. The molecule has 0 saturated carbocycles. The predicted octanol–water partition coefficient (Wildman–Crippen LogP) is 2.26. The summed E-state index contributed by atoms with van der Waals surface area (Å²) in [6, 6.07) is 5.31. The summed E-state index contributed by atoms with van der Waals surface area (Å²) in [5.74, 6) is -1.12.